The summed E-state index contributed by atoms with van der Waals surface area (Å²) in [4.78, 5) is 0. The second-order valence-corrected chi connectivity index (χ2v) is 11.2. The molecule has 3 aromatic rings. The van der Waals surface area contributed by atoms with E-state index in [9.17, 15) is 0 Å². The Morgan fingerprint density at radius 2 is 0.957 bits per heavy atom. The zero-order chi connectivity index (χ0) is 16.3. The molecule has 0 heterocycles. The molecule has 0 fully saturated rings. The van der Waals surface area contributed by atoms with Crippen LogP contribution < -0.4 is 10.6 Å². The topological polar surface area (TPSA) is 0 Å². The summed E-state index contributed by atoms with van der Waals surface area (Å²) < 4.78 is 0. The number of benzene rings is 3. The Bertz CT molecular complexity index is 765. The minimum absolute atomic E-state index is 0.119. The van der Waals surface area contributed by atoms with E-state index in [1.807, 2.05) is 0 Å². The maximum atomic E-state index is 6.46. The first-order valence-corrected chi connectivity index (χ1v) is 10.6. The fourth-order valence-electron chi connectivity index (χ4n) is 3.10. The second-order valence-electron chi connectivity index (χ2n) is 6.21. The van der Waals surface area contributed by atoms with E-state index in [4.69, 9.17) is 11.8 Å². The van der Waals surface area contributed by atoms with Crippen molar-refractivity contribution >= 4 is 28.5 Å². The molecule has 0 aliphatic heterocycles. The summed E-state index contributed by atoms with van der Waals surface area (Å²) in [5.74, 6) is 0. The summed E-state index contributed by atoms with van der Waals surface area (Å²) in [6.07, 6.45) is 0. The molecule has 0 bridgehead atoms. The van der Waals surface area contributed by atoms with Crippen LogP contribution >= 0.6 is 6.04 Å². The summed E-state index contributed by atoms with van der Waals surface area (Å²) in [5, 5.41) is 2.43. The lowest BCUT2D eigenvalue weighted by Gasteiger charge is -2.39. The molecule has 0 saturated heterocycles. The lowest BCUT2D eigenvalue weighted by atomic mass is 10.0. The van der Waals surface area contributed by atoms with E-state index < -0.39 is 6.04 Å². The van der Waals surface area contributed by atoms with Gasteiger partial charge in [0.05, 0.1) is 0 Å². The molecule has 0 saturated carbocycles. The Balaban J connectivity index is 2.28. The van der Waals surface area contributed by atoms with Gasteiger partial charge in [0.25, 0.3) is 0 Å². The van der Waals surface area contributed by atoms with Gasteiger partial charge in [-0.25, -0.2) is 0 Å². The monoisotopic (exact) mass is 336 g/mol. The Hall–Kier alpha value is -1.69. The number of rotatable bonds is 4. The minimum Gasteiger partial charge on any atom is -0.0867 e. The van der Waals surface area contributed by atoms with Crippen molar-refractivity contribution < 1.29 is 0 Å². The molecule has 0 N–H and O–H groups in total. The molecule has 116 valence electrons. The highest BCUT2D eigenvalue weighted by molar-refractivity contribution is 8.22. The Morgan fingerprint density at radius 3 is 1.35 bits per heavy atom. The van der Waals surface area contributed by atoms with Crippen LogP contribution in [0.2, 0.25) is 0 Å². The van der Waals surface area contributed by atoms with E-state index in [1.54, 1.807) is 0 Å². The van der Waals surface area contributed by atoms with E-state index >= 15 is 0 Å². The Morgan fingerprint density at radius 1 is 0.609 bits per heavy atom. The minimum atomic E-state index is -2.02. The van der Waals surface area contributed by atoms with Crippen LogP contribution in [0.1, 0.15) is 19.4 Å². The van der Waals surface area contributed by atoms with Gasteiger partial charge in [-0.2, -0.15) is 0 Å². The van der Waals surface area contributed by atoms with Crippen molar-refractivity contribution in [3.05, 3.63) is 96.6 Å². The SMILES string of the molecule is CC(C)(c1ccccc1)P(=S)(c1ccccc1)c1ccccc1. The maximum absolute atomic E-state index is 6.46. The first-order valence-electron chi connectivity index (χ1n) is 7.84. The van der Waals surface area contributed by atoms with Crippen LogP contribution in [0.4, 0.5) is 0 Å². The summed E-state index contributed by atoms with van der Waals surface area (Å²) in [6.45, 7) is 4.59. The Kier molecular flexibility index (Phi) is 4.53. The molecule has 0 radical (unpaired) electrons. The van der Waals surface area contributed by atoms with Crippen LogP contribution in [0.3, 0.4) is 0 Å². The normalized spacial score (nSPS) is 12.1. The molecule has 0 spiro atoms. The van der Waals surface area contributed by atoms with Gasteiger partial charge in [0.2, 0.25) is 0 Å². The van der Waals surface area contributed by atoms with Crippen molar-refractivity contribution in [3.63, 3.8) is 0 Å². The number of hydrogen-bond acceptors (Lipinski definition) is 1. The van der Waals surface area contributed by atoms with Crippen molar-refractivity contribution in [2.45, 2.75) is 19.0 Å². The van der Waals surface area contributed by atoms with Crippen LogP contribution in [0.15, 0.2) is 91.0 Å². The van der Waals surface area contributed by atoms with Gasteiger partial charge in [-0.15, -0.1) is 0 Å². The molecular formula is C21H21PS. The van der Waals surface area contributed by atoms with Gasteiger partial charge in [-0.3, -0.25) is 0 Å². The first kappa shape index (κ1) is 16.2. The van der Waals surface area contributed by atoms with E-state index in [-0.39, 0.29) is 5.16 Å². The van der Waals surface area contributed by atoms with E-state index in [0.29, 0.717) is 0 Å². The standard InChI is InChI=1S/C21H21PS/c1-21(2,18-12-6-3-7-13-18)22(23,19-14-8-4-9-15-19)20-16-10-5-11-17-20/h3-17H,1-2H3. The molecule has 3 rings (SSSR count). The van der Waals surface area contributed by atoms with E-state index in [2.05, 4.69) is 105 Å². The maximum Gasteiger partial charge on any atom is 0.0264 e. The molecule has 0 nitrogen and oxygen atoms in total. The lowest BCUT2D eigenvalue weighted by molar-refractivity contribution is 0.771. The van der Waals surface area contributed by atoms with Crippen molar-refractivity contribution in [3.8, 4) is 0 Å². The molecule has 0 amide bonds. The Labute approximate surface area is 144 Å². The summed E-state index contributed by atoms with van der Waals surface area (Å²) in [6, 6.07) is 29.9. The fourth-order valence-corrected chi connectivity index (χ4v) is 7.43. The molecule has 2 heteroatoms. The van der Waals surface area contributed by atoms with Gasteiger partial charge >= 0.3 is 0 Å². The van der Waals surface area contributed by atoms with Crippen LogP contribution in [-0.2, 0) is 17.0 Å². The molecule has 0 atom stereocenters. The summed E-state index contributed by atoms with van der Waals surface area (Å²) in [7, 11) is 0. The third-order valence-corrected chi connectivity index (χ3v) is 11.0. The van der Waals surface area contributed by atoms with Crippen molar-refractivity contribution in [1.29, 1.82) is 0 Å². The van der Waals surface area contributed by atoms with Crippen LogP contribution in [0, 0.1) is 0 Å². The third kappa shape index (κ3) is 2.80. The zero-order valence-corrected chi connectivity index (χ0v) is 15.2. The average molecular weight is 336 g/mol. The summed E-state index contributed by atoms with van der Waals surface area (Å²) in [5.41, 5.74) is 1.30. The van der Waals surface area contributed by atoms with Gasteiger partial charge in [-0.1, -0.05) is 117 Å². The molecule has 0 aliphatic carbocycles. The van der Waals surface area contributed by atoms with Crippen molar-refractivity contribution in [2.75, 3.05) is 0 Å². The van der Waals surface area contributed by atoms with Crippen LogP contribution in [0.5, 0.6) is 0 Å². The smallest absolute Gasteiger partial charge is 0.0264 e. The molecule has 0 aliphatic rings. The third-order valence-electron chi connectivity index (χ3n) is 4.51. The molecule has 0 aromatic heterocycles. The highest BCUT2D eigenvalue weighted by Gasteiger charge is 2.39. The van der Waals surface area contributed by atoms with Gasteiger partial charge in [-0.05, 0) is 16.2 Å². The second kappa shape index (κ2) is 6.43. The highest BCUT2D eigenvalue weighted by Crippen LogP contribution is 2.61. The van der Waals surface area contributed by atoms with Gasteiger partial charge in [0.15, 0.2) is 0 Å². The van der Waals surface area contributed by atoms with Crippen LogP contribution in [-0.4, -0.2) is 0 Å². The molecule has 3 aromatic carbocycles. The van der Waals surface area contributed by atoms with Crippen molar-refractivity contribution in [1.82, 2.24) is 0 Å². The molecular weight excluding hydrogens is 315 g/mol. The van der Waals surface area contributed by atoms with E-state index in [1.165, 1.54) is 16.2 Å². The van der Waals surface area contributed by atoms with E-state index in [0.717, 1.165) is 0 Å². The molecule has 23 heavy (non-hydrogen) atoms. The summed E-state index contributed by atoms with van der Waals surface area (Å²) >= 11 is 6.46. The quantitative estimate of drug-likeness (QED) is 0.601. The predicted octanol–water partition coefficient (Wildman–Crippen LogP) is 5.05. The fraction of sp³-hybridized carbons (Fsp3) is 0.143. The van der Waals surface area contributed by atoms with Crippen LogP contribution in [0.25, 0.3) is 0 Å². The number of hydrogen-bond donors (Lipinski definition) is 0. The molecule has 0 unspecified atom stereocenters. The van der Waals surface area contributed by atoms with Crippen molar-refractivity contribution in [2.24, 2.45) is 0 Å². The first-order chi connectivity index (χ1) is 11.1. The zero-order valence-electron chi connectivity index (χ0n) is 13.5. The highest BCUT2D eigenvalue weighted by atomic mass is 32.4. The van der Waals surface area contributed by atoms with Gasteiger partial charge in [0.1, 0.15) is 0 Å². The van der Waals surface area contributed by atoms with Gasteiger partial charge < -0.3 is 0 Å². The average Bonchev–Trinajstić information content (AvgIpc) is 2.63. The lowest BCUT2D eigenvalue weighted by Crippen LogP contribution is -2.31. The largest absolute Gasteiger partial charge is 0.0867 e. The van der Waals surface area contributed by atoms with Gasteiger partial charge in [0, 0.05) is 11.2 Å². The predicted molar refractivity (Wildman–Crippen MR) is 106 cm³/mol.